The molecule has 2 aromatic heterocycles. The van der Waals surface area contributed by atoms with Gasteiger partial charge in [0, 0.05) is 48.5 Å². The number of anilines is 2. The molecule has 22 rings (SSSR count). The first-order chi connectivity index (χ1) is 31.1. The van der Waals surface area contributed by atoms with Crippen LogP contribution in [0.25, 0.3) is 32.9 Å². The molecule has 14 aliphatic rings. The number of hydrogen-bond donors (Lipinski definition) is 2. The first-order valence-electron chi connectivity index (χ1n) is 20.3. The minimum atomic E-state index is -5.19. The van der Waals surface area contributed by atoms with Crippen molar-refractivity contribution in [2.75, 3.05) is 10.6 Å². The van der Waals surface area contributed by atoms with Crippen molar-refractivity contribution in [3.05, 3.63) is 203 Å². The Kier molecular flexibility index (Phi) is 13.8. The second-order valence-electron chi connectivity index (χ2n) is 15.2. The molecule has 0 atom stereocenters. The second-order valence-corrected chi connectivity index (χ2v) is 15.2. The number of carboxylic acids is 2. The largest absolute Gasteiger partial charge is 0.542 e. The van der Waals surface area contributed by atoms with Crippen LogP contribution in [0.4, 0.5) is 37.7 Å². The molecule has 8 nitrogen and oxygen atoms in total. The summed E-state index contributed by atoms with van der Waals surface area (Å²) in [6.45, 7) is 3.16. The fourth-order valence-corrected chi connectivity index (χ4v) is 7.34. The number of halogens is 6. The third kappa shape index (κ3) is 11.8. The summed E-state index contributed by atoms with van der Waals surface area (Å²) in [5, 5.41) is 27.5. The number of fused-ring (bicyclic) bond motifs is 1. The highest BCUT2D eigenvalue weighted by molar-refractivity contribution is 5.89. The second kappa shape index (κ2) is 19.8. The summed E-state index contributed by atoms with van der Waals surface area (Å²) < 4.78 is 67.8. The third-order valence-electron chi connectivity index (χ3n) is 10.7. The van der Waals surface area contributed by atoms with E-state index < -0.39 is 24.3 Å². The fourth-order valence-electron chi connectivity index (χ4n) is 7.34. The average molecular weight is 887 g/mol. The number of nitrogens with zero attached hydrogens (tertiary/aromatic N) is 2. The number of nitrogens with one attached hydrogen (secondary N) is 2. The number of benzene rings is 6. The van der Waals surface area contributed by atoms with Crippen LogP contribution < -0.4 is 30.0 Å². The van der Waals surface area contributed by atoms with Crippen molar-refractivity contribution in [3.8, 4) is 11.1 Å². The average Bonchev–Trinajstić information content (AvgIpc) is 3.29. The molecule has 0 radical (unpaired) electrons. The number of para-hydroxylation sites is 2. The van der Waals surface area contributed by atoms with Gasteiger partial charge in [0.05, 0.1) is 22.1 Å². The molecule has 0 saturated carbocycles. The van der Waals surface area contributed by atoms with Gasteiger partial charge >= 0.3 is 12.4 Å². The molecule has 14 aliphatic heterocycles. The highest BCUT2D eigenvalue weighted by Crippen LogP contribution is 2.26. The van der Waals surface area contributed by atoms with Crippen LogP contribution in [0, 0.1) is 0 Å². The number of pyridine rings is 2. The predicted octanol–water partition coefficient (Wildman–Crippen LogP) is 8.06. The van der Waals surface area contributed by atoms with E-state index >= 15 is 0 Å². The number of rotatable bonds is 0. The topological polar surface area (TPSA) is 112 Å². The Morgan fingerprint density at radius 2 is 0.738 bits per heavy atom. The van der Waals surface area contributed by atoms with Gasteiger partial charge in [-0.15, -0.1) is 0 Å². The quantitative estimate of drug-likeness (QED) is 0.118. The van der Waals surface area contributed by atoms with Gasteiger partial charge in [0.2, 0.25) is 11.0 Å². The van der Waals surface area contributed by atoms with Gasteiger partial charge in [0.15, 0.2) is 25.5 Å². The molecule has 16 heterocycles. The minimum Gasteiger partial charge on any atom is -0.542 e. The van der Waals surface area contributed by atoms with E-state index in [0.29, 0.717) is 0 Å². The Morgan fingerprint density at radius 3 is 1.08 bits per heavy atom. The highest BCUT2D eigenvalue weighted by Gasteiger charge is 2.29. The monoisotopic (exact) mass is 886 g/mol. The lowest BCUT2D eigenvalue weighted by Crippen LogP contribution is -2.37. The maximum absolute atomic E-state index is 10.5. The molecule has 0 amide bonds. The third-order valence-corrected chi connectivity index (χ3v) is 10.7. The molecule has 330 valence electrons. The maximum Gasteiger partial charge on any atom is 0.430 e. The molecule has 2 N–H and O–H groups in total. The fraction of sp³-hybridized carbons (Fsp3) is 0.137. The Hall–Kier alpha value is -7.74. The van der Waals surface area contributed by atoms with E-state index in [-0.39, 0.29) is 0 Å². The highest BCUT2D eigenvalue weighted by atomic mass is 19.4. The van der Waals surface area contributed by atoms with E-state index in [4.69, 9.17) is 19.8 Å². The zero-order valence-corrected chi connectivity index (χ0v) is 34.5. The summed E-state index contributed by atoms with van der Waals surface area (Å²) in [5.74, 6) is -6.01. The minimum absolute atomic E-state index is 0.761. The zero-order chi connectivity index (χ0) is 46.1. The molecule has 14 heteroatoms. The molecule has 65 heavy (non-hydrogen) atoms. The standard InChI is InChI=1S/C47H38N4.2C2HF3O2/c1-3-7-46-42(5-1)44-25-27-50(46)32-38-13-9-34(10-14-38)29-35-11-15-39(16-12-35)33-51-28-26-45(43-6-2-4-8-47(43)51)49-31-37-19-23-41(24-20-37)40-21-17-36(18-22-40)30-48-44;2*3-2(4,5)1(6)7/h1-28H,29-33H2;2*(H,6,7). The normalized spacial score (nSPS) is 12.6. The lowest BCUT2D eigenvalue weighted by atomic mass is 10.0. The molecular weight excluding hydrogens is 847 g/mol. The van der Waals surface area contributed by atoms with Crippen molar-refractivity contribution in [2.24, 2.45) is 0 Å². The van der Waals surface area contributed by atoms with Gasteiger partial charge in [-0.3, -0.25) is 0 Å². The summed E-state index contributed by atoms with van der Waals surface area (Å²) in [6, 6.07) is 57.8. The van der Waals surface area contributed by atoms with Crippen molar-refractivity contribution >= 4 is 45.1 Å². The lowest BCUT2D eigenvalue weighted by molar-refractivity contribution is -0.662. The van der Waals surface area contributed by atoms with Crippen LogP contribution in [0.2, 0.25) is 0 Å². The number of carbonyl (C=O) groups excluding carboxylic acids is 2. The Bertz CT molecular complexity index is 2720. The van der Waals surface area contributed by atoms with Crippen molar-refractivity contribution in [1.82, 2.24) is 0 Å². The van der Waals surface area contributed by atoms with E-state index in [2.05, 4.69) is 190 Å². The smallest absolute Gasteiger partial charge is 0.430 e. The molecule has 0 unspecified atom stereocenters. The van der Waals surface area contributed by atoms with Gasteiger partial charge in [-0.1, -0.05) is 121 Å². The first-order valence-corrected chi connectivity index (χ1v) is 20.3. The summed E-state index contributed by atoms with van der Waals surface area (Å²) in [5.41, 5.74) is 14.9. The van der Waals surface area contributed by atoms with Crippen LogP contribution >= 0.6 is 0 Å². The van der Waals surface area contributed by atoms with Gasteiger partial charge in [-0.25, -0.2) is 0 Å². The van der Waals surface area contributed by atoms with Crippen LogP contribution in [-0.2, 0) is 42.2 Å². The molecule has 8 aromatic rings. The molecule has 0 spiro atoms. The van der Waals surface area contributed by atoms with Gasteiger partial charge in [0.25, 0.3) is 0 Å². The van der Waals surface area contributed by atoms with Crippen LogP contribution in [0.1, 0.15) is 33.4 Å². The zero-order valence-electron chi connectivity index (χ0n) is 34.5. The number of aliphatic carboxylic acids is 2. The summed E-state index contributed by atoms with van der Waals surface area (Å²) in [6.07, 6.45) is -5.06. The number of hydrogen-bond acceptors (Lipinski definition) is 6. The number of aromatic nitrogens is 2. The van der Waals surface area contributed by atoms with Crippen molar-refractivity contribution in [1.29, 1.82) is 0 Å². The number of carbonyl (C=O) groups is 2. The van der Waals surface area contributed by atoms with Gasteiger partial charge in [-0.05, 0) is 51.9 Å². The van der Waals surface area contributed by atoms with Crippen molar-refractivity contribution in [3.63, 3.8) is 0 Å². The Morgan fingerprint density at radius 1 is 0.431 bits per heavy atom. The Balaban J connectivity index is 0.000000392. The van der Waals surface area contributed by atoms with E-state index in [9.17, 15) is 26.3 Å². The van der Waals surface area contributed by atoms with Crippen LogP contribution in [-0.4, -0.2) is 24.3 Å². The summed E-state index contributed by atoms with van der Waals surface area (Å²) in [4.78, 5) is 17.6. The molecular formula is C51H40F6N4O4. The number of carboxylic acid groups (broad SMARTS) is 2. The van der Waals surface area contributed by atoms with Crippen LogP contribution in [0.3, 0.4) is 0 Å². The molecule has 6 aromatic carbocycles. The lowest BCUT2D eigenvalue weighted by Gasteiger charge is -2.11. The SMILES string of the molecule is O=C([O-])C(F)(F)F.O=C([O-])C(F)(F)F.c1ccc2c(c1)c1cc[n+]2Cc2ccc(cc2)Cc2ccc(cc2)C[n+]2ccc(c3ccccc32)NCc2ccc(cc2)-c2ccc(cc2)CN1. The summed E-state index contributed by atoms with van der Waals surface area (Å²) >= 11 is 0. The van der Waals surface area contributed by atoms with Gasteiger partial charge < -0.3 is 30.4 Å². The Labute approximate surface area is 369 Å². The first kappa shape index (κ1) is 45.3. The predicted molar refractivity (Wildman–Crippen MR) is 231 cm³/mol. The summed E-state index contributed by atoms with van der Waals surface area (Å²) in [7, 11) is 0. The molecule has 0 aliphatic carbocycles. The van der Waals surface area contributed by atoms with Crippen LogP contribution in [0.15, 0.2) is 170 Å². The molecule has 0 fully saturated rings. The van der Waals surface area contributed by atoms with Crippen molar-refractivity contribution < 1.29 is 55.3 Å². The van der Waals surface area contributed by atoms with E-state index in [1.165, 1.54) is 66.3 Å². The van der Waals surface area contributed by atoms with Crippen molar-refractivity contribution in [2.45, 2.75) is 45.0 Å². The van der Waals surface area contributed by atoms with E-state index in [1.807, 2.05) is 0 Å². The number of alkyl halides is 6. The maximum atomic E-state index is 10.5. The van der Waals surface area contributed by atoms with Crippen LogP contribution in [0.5, 0.6) is 0 Å². The molecule has 0 saturated heterocycles. The van der Waals surface area contributed by atoms with E-state index in [0.717, 1.165) is 44.0 Å². The van der Waals surface area contributed by atoms with Gasteiger partial charge in [-0.2, -0.15) is 35.5 Å². The molecule has 12 bridgehead atoms. The van der Waals surface area contributed by atoms with Gasteiger partial charge in [0.1, 0.15) is 11.9 Å². The van der Waals surface area contributed by atoms with E-state index in [1.54, 1.807) is 0 Å².